The molecule has 0 aliphatic rings. The van der Waals surface area contributed by atoms with Crippen molar-refractivity contribution in [3.05, 3.63) is 40.7 Å². The van der Waals surface area contributed by atoms with Crippen LogP contribution in [0.5, 0.6) is 0 Å². The van der Waals surface area contributed by atoms with Gasteiger partial charge in [0, 0.05) is 25.0 Å². The minimum atomic E-state index is -0.195. The highest BCUT2D eigenvalue weighted by molar-refractivity contribution is 7.99. The number of aromatic nitrogens is 2. The molecular weight excluding hydrogens is 384 g/mol. The fraction of sp³-hybridized carbons (Fsp3) is 0.500. The SMILES string of the molecule is CCCCn1c(SCC(=O)N(C)CC(=O)Nc2c(C)cccc2C)nc(C)c1C. The van der Waals surface area contributed by atoms with Gasteiger partial charge in [0.05, 0.1) is 18.0 Å². The molecule has 2 aromatic rings. The Bertz CT molecular complexity index is 856. The van der Waals surface area contributed by atoms with Gasteiger partial charge in [-0.25, -0.2) is 4.98 Å². The van der Waals surface area contributed by atoms with Crippen LogP contribution in [0, 0.1) is 27.7 Å². The zero-order valence-corrected chi connectivity index (χ0v) is 19.2. The maximum absolute atomic E-state index is 12.5. The quantitative estimate of drug-likeness (QED) is 0.625. The van der Waals surface area contributed by atoms with Gasteiger partial charge >= 0.3 is 0 Å². The molecule has 1 aromatic carbocycles. The average Bonchev–Trinajstić information content (AvgIpc) is 2.94. The van der Waals surface area contributed by atoms with Crippen LogP contribution in [0.4, 0.5) is 5.69 Å². The number of carbonyl (C=O) groups is 2. The number of aryl methyl sites for hydroxylation is 3. The zero-order valence-electron chi connectivity index (χ0n) is 18.3. The minimum absolute atomic E-state index is 0.0233. The topological polar surface area (TPSA) is 67.2 Å². The molecule has 0 bridgehead atoms. The van der Waals surface area contributed by atoms with Gasteiger partial charge in [0.2, 0.25) is 11.8 Å². The summed E-state index contributed by atoms with van der Waals surface area (Å²) in [7, 11) is 1.66. The number of hydrogen-bond acceptors (Lipinski definition) is 4. The molecule has 6 nitrogen and oxygen atoms in total. The molecule has 158 valence electrons. The van der Waals surface area contributed by atoms with E-state index in [0.29, 0.717) is 0 Å². The van der Waals surface area contributed by atoms with Gasteiger partial charge in [0.1, 0.15) is 0 Å². The highest BCUT2D eigenvalue weighted by atomic mass is 32.2. The highest BCUT2D eigenvalue weighted by Crippen LogP contribution is 2.22. The number of likely N-dealkylation sites (N-methyl/N-ethyl adjacent to an activating group) is 1. The maximum atomic E-state index is 12.5. The number of nitrogens with zero attached hydrogens (tertiary/aromatic N) is 3. The third-order valence-corrected chi connectivity index (χ3v) is 6.00. The predicted molar refractivity (Wildman–Crippen MR) is 120 cm³/mol. The van der Waals surface area contributed by atoms with Crippen LogP contribution >= 0.6 is 11.8 Å². The summed E-state index contributed by atoms with van der Waals surface area (Å²) in [5.41, 5.74) is 4.98. The summed E-state index contributed by atoms with van der Waals surface area (Å²) in [6, 6.07) is 5.87. The van der Waals surface area contributed by atoms with Gasteiger partial charge in [-0.05, 0) is 45.2 Å². The third kappa shape index (κ3) is 6.10. The first kappa shape index (κ1) is 23.0. The third-order valence-electron chi connectivity index (χ3n) is 5.03. The van der Waals surface area contributed by atoms with Gasteiger partial charge in [0.25, 0.3) is 0 Å². The summed E-state index contributed by atoms with van der Waals surface area (Å²) in [5.74, 6) is -0.0266. The number of para-hydroxylation sites is 1. The van der Waals surface area contributed by atoms with Crippen LogP contribution in [0.1, 0.15) is 42.3 Å². The van der Waals surface area contributed by atoms with Crippen molar-refractivity contribution in [3.8, 4) is 0 Å². The molecule has 0 aliphatic carbocycles. The molecule has 1 aromatic heterocycles. The Morgan fingerprint density at radius 1 is 1.17 bits per heavy atom. The summed E-state index contributed by atoms with van der Waals surface area (Å²) in [6.07, 6.45) is 2.19. The molecule has 0 saturated carbocycles. The van der Waals surface area contributed by atoms with Gasteiger partial charge in [-0.1, -0.05) is 43.3 Å². The Morgan fingerprint density at radius 2 is 1.83 bits per heavy atom. The van der Waals surface area contributed by atoms with E-state index in [4.69, 9.17) is 0 Å². The van der Waals surface area contributed by atoms with Gasteiger partial charge in [-0.2, -0.15) is 0 Å². The molecule has 7 heteroatoms. The second-order valence-corrected chi connectivity index (χ2v) is 8.37. The lowest BCUT2D eigenvalue weighted by atomic mass is 10.1. The van der Waals surface area contributed by atoms with E-state index in [1.807, 2.05) is 39.0 Å². The fourth-order valence-corrected chi connectivity index (χ4v) is 4.10. The molecular formula is C22H32N4O2S. The van der Waals surface area contributed by atoms with Crippen molar-refractivity contribution >= 4 is 29.3 Å². The Hall–Kier alpha value is -2.28. The summed E-state index contributed by atoms with van der Waals surface area (Å²) in [5, 5.41) is 3.80. The van der Waals surface area contributed by atoms with Gasteiger partial charge in [-0.15, -0.1) is 0 Å². The fourth-order valence-electron chi connectivity index (χ4n) is 3.04. The zero-order chi connectivity index (χ0) is 21.6. The number of nitrogens with one attached hydrogen (secondary N) is 1. The van der Waals surface area contributed by atoms with E-state index in [2.05, 4.69) is 28.7 Å². The van der Waals surface area contributed by atoms with Crippen molar-refractivity contribution in [2.75, 3.05) is 24.7 Å². The molecule has 0 spiro atoms. The lowest BCUT2D eigenvalue weighted by molar-refractivity contribution is -0.131. The summed E-state index contributed by atoms with van der Waals surface area (Å²) >= 11 is 1.43. The van der Waals surface area contributed by atoms with E-state index < -0.39 is 0 Å². The number of anilines is 1. The van der Waals surface area contributed by atoms with E-state index in [1.54, 1.807) is 7.05 Å². The molecule has 1 heterocycles. The second-order valence-electron chi connectivity index (χ2n) is 7.42. The number of hydrogen-bond donors (Lipinski definition) is 1. The first-order chi connectivity index (χ1) is 13.7. The molecule has 0 aliphatic heterocycles. The highest BCUT2D eigenvalue weighted by Gasteiger charge is 2.17. The van der Waals surface area contributed by atoms with Gasteiger partial charge in [-0.3, -0.25) is 9.59 Å². The number of rotatable bonds is 9. The van der Waals surface area contributed by atoms with Crippen LogP contribution in [0.3, 0.4) is 0 Å². The Morgan fingerprint density at radius 3 is 2.45 bits per heavy atom. The number of amides is 2. The molecule has 0 unspecified atom stereocenters. The summed E-state index contributed by atoms with van der Waals surface area (Å²) < 4.78 is 2.18. The molecule has 29 heavy (non-hydrogen) atoms. The summed E-state index contributed by atoms with van der Waals surface area (Å²) in [6.45, 7) is 11.1. The molecule has 0 fully saturated rings. The number of unbranched alkanes of at least 4 members (excludes halogenated alkanes) is 1. The lowest BCUT2D eigenvalue weighted by Crippen LogP contribution is -2.36. The van der Waals surface area contributed by atoms with Crippen LogP contribution in [-0.2, 0) is 16.1 Å². The van der Waals surface area contributed by atoms with Gasteiger partial charge < -0.3 is 14.8 Å². The molecule has 0 saturated heterocycles. The van der Waals surface area contributed by atoms with Crippen LogP contribution in [-0.4, -0.2) is 45.6 Å². The van der Waals surface area contributed by atoms with E-state index >= 15 is 0 Å². The van der Waals surface area contributed by atoms with E-state index in [0.717, 1.165) is 52.7 Å². The normalized spacial score (nSPS) is 10.8. The number of carbonyl (C=O) groups excluding carboxylic acids is 2. The van der Waals surface area contributed by atoms with Crippen LogP contribution in [0.25, 0.3) is 0 Å². The van der Waals surface area contributed by atoms with Crippen molar-refractivity contribution < 1.29 is 9.59 Å². The van der Waals surface area contributed by atoms with E-state index in [-0.39, 0.29) is 24.1 Å². The van der Waals surface area contributed by atoms with Crippen LogP contribution < -0.4 is 5.32 Å². The molecule has 0 radical (unpaired) electrons. The van der Waals surface area contributed by atoms with E-state index in [9.17, 15) is 9.59 Å². The van der Waals surface area contributed by atoms with Crippen molar-refractivity contribution in [1.82, 2.24) is 14.5 Å². The summed E-state index contributed by atoms with van der Waals surface area (Å²) in [4.78, 5) is 31.0. The van der Waals surface area contributed by atoms with Crippen LogP contribution in [0.2, 0.25) is 0 Å². The number of imidazole rings is 1. The van der Waals surface area contributed by atoms with Crippen molar-refractivity contribution in [3.63, 3.8) is 0 Å². The van der Waals surface area contributed by atoms with Gasteiger partial charge in [0.15, 0.2) is 5.16 Å². The minimum Gasteiger partial charge on any atom is -0.336 e. The molecule has 0 atom stereocenters. The predicted octanol–water partition coefficient (Wildman–Crippen LogP) is 4.11. The Labute approximate surface area is 178 Å². The molecule has 2 amide bonds. The van der Waals surface area contributed by atoms with Crippen molar-refractivity contribution in [1.29, 1.82) is 0 Å². The smallest absolute Gasteiger partial charge is 0.243 e. The Balaban J connectivity index is 1.93. The standard InChI is InChI=1S/C22H32N4O2S/c1-7-8-12-26-18(5)17(4)23-22(26)29-14-20(28)25(6)13-19(27)24-21-15(2)10-9-11-16(21)3/h9-11H,7-8,12-14H2,1-6H3,(H,24,27). The second kappa shape index (κ2) is 10.5. The molecule has 1 N–H and O–H groups in total. The van der Waals surface area contributed by atoms with E-state index in [1.165, 1.54) is 16.7 Å². The van der Waals surface area contributed by atoms with Crippen molar-refractivity contribution in [2.45, 2.75) is 59.2 Å². The first-order valence-electron chi connectivity index (χ1n) is 10.0. The number of thioether (sulfide) groups is 1. The average molecular weight is 417 g/mol. The molecule has 2 rings (SSSR count). The van der Waals surface area contributed by atoms with Crippen LogP contribution in [0.15, 0.2) is 23.4 Å². The monoisotopic (exact) mass is 416 g/mol. The maximum Gasteiger partial charge on any atom is 0.243 e. The Kier molecular flexibility index (Phi) is 8.32. The van der Waals surface area contributed by atoms with Crippen molar-refractivity contribution in [2.24, 2.45) is 0 Å². The largest absolute Gasteiger partial charge is 0.336 e. The lowest BCUT2D eigenvalue weighted by Gasteiger charge is -2.18. The number of benzene rings is 1. The first-order valence-corrected chi connectivity index (χ1v) is 11.0.